The van der Waals surface area contributed by atoms with E-state index in [0.717, 1.165) is 6.42 Å². The Kier molecular flexibility index (Phi) is 7.18. The lowest BCUT2D eigenvalue weighted by atomic mass is 10.3. The zero-order chi connectivity index (χ0) is 15.7. The molecule has 0 spiro atoms. The minimum Gasteiger partial charge on any atom is -0.383 e. The number of anilines is 1. The number of amides is 1. The molecule has 1 aromatic carbocycles. The molecule has 21 heavy (non-hydrogen) atoms. The van der Waals surface area contributed by atoms with Crippen LogP contribution in [0, 0.1) is 0 Å². The molecule has 118 valence electrons. The van der Waals surface area contributed by atoms with E-state index in [1.54, 1.807) is 25.1 Å². The third-order valence-corrected chi connectivity index (χ3v) is 4.35. The van der Waals surface area contributed by atoms with Crippen LogP contribution in [0.15, 0.2) is 29.2 Å². The highest BCUT2D eigenvalue weighted by atomic mass is 32.2. The first kappa shape index (κ1) is 17.5. The van der Waals surface area contributed by atoms with E-state index in [4.69, 9.17) is 0 Å². The zero-order valence-corrected chi connectivity index (χ0v) is 13.3. The maximum absolute atomic E-state index is 12.1. The average Bonchev–Trinajstić information content (AvgIpc) is 2.45. The summed E-state index contributed by atoms with van der Waals surface area (Å²) in [4.78, 5) is 11.7. The molecule has 1 aromatic rings. The zero-order valence-electron chi connectivity index (χ0n) is 12.5. The van der Waals surface area contributed by atoms with E-state index < -0.39 is 10.0 Å². The van der Waals surface area contributed by atoms with Gasteiger partial charge >= 0.3 is 0 Å². The molecule has 1 rings (SSSR count). The van der Waals surface area contributed by atoms with Gasteiger partial charge in [0.25, 0.3) is 0 Å². The van der Waals surface area contributed by atoms with Crippen molar-refractivity contribution in [2.24, 2.45) is 0 Å². The van der Waals surface area contributed by atoms with Gasteiger partial charge in [0.2, 0.25) is 15.9 Å². The quantitative estimate of drug-likeness (QED) is 0.641. The van der Waals surface area contributed by atoms with Crippen molar-refractivity contribution < 1.29 is 13.2 Å². The molecule has 0 aliphatic rings. The van der Waals surface area contributed by atoms with Gasteiger partial charge in [-0.05, 0) is 18.6 Å². The van der Waals surface area contributed by atoms with Crippen molar-refractivity contribution in [2.45, 2.75) is 31.6 Å². The first-order chi connectivity index (χ1) is 10.0. The van der Waals surface area contributed by atoms with Gasteiger partial charge < -0.3 is 10.6 Å². The molecule has 6 nitrogen and oxygen atoms in total. The van der Waals surface area contributed by atoms with Crippen LogP contribution in [0.4, 0.5) is 5.69 Å². The fourth-order valence-corrected chi connectivity index (χ4v) is 3.00. The molecule has 0 radical (unpaired) electrons. The van der Waals surface area contributed by atoms with Gasteiger partial charge in [-0.2, -0.15) is 0 Å². The lowest BCUT2D eigenvalue weighted by molar-refractivity contribution is -0.120. The second-order valence-electron chi connectivity index (χ2n) is 4.52. The second-order valence-corrected chi connectivity index (χ2v) is 6.26. The largest absolute Gasteiger partial charge is 0.383 e. The predicted octanol–water partition coefficient (Wildman–Crippen LogP) is 1.31. The number of carbonyl (C=O) groups excluding carboxylic acids is 1. The van der Waals surface area contributed by atoms with E-state index in [1.807, 2.05) is 6.92 Å². The molecule has 0 saturated carbocycles. The van der Waals surface area contributed by atoms with Crippen LogP contribution in [0.1, 0.15) is 26.7 Å². The molecule has 7 heteroatoms. The van der Waals surface area contributed by atoms with Gasteiger partial charge in [0.15, 0.2) is 0 Å². The van der Waals surface area contributed by atoms with Gasteiger partial charge in [-0.15, -0.1) is 0 Å². The molecular formula is C14H23N3O3S. The van der Waals surface area contributed by atoms with Crippen LogP contribution in [0.2, 0.25) is 0 Å². The Morgan fingerprint density at radius 2 is 1.86 bits per heavy atom. The van der Waals surface area contributed by atoms with E-state index in [2.05, 4.69) is 15.4 Å². The Hall–Kier alpha value is -1.60. The molecular weight excluding hydrogens is 290 g/mol. The van der Waals surface area contributed by atoms with Crippen molar-refractivity contribution in [1.29, 1.82) is 0 Å². The maximum Gasteiger partial charge on any atom is 0.242 e. The van der Waals surface area contributed by atoms with Crippen molar-refractivity contribution in [3.63, 3.8) is 0 Å². The highest BCUT2D eigenvalue weighted by Gasteiger charge is 2.16. The van der Waals surface area contributed by atoms with Gasteiger partial charge in [0.05, 0.1) is 5.69 Å². The number of hydrogen-bond acceptors (Lipinski definition) is 4. The number of hydrogen-bond donors (Lipinski definition) is 3. The van der Waals surface area contributed by atoms with Gasteiger partial charge in [0, 0.05) is 26.1 Å². The fourth-order valence-electron chi connectivity index (χ4n) is 1.78. The van der Waals surface area contributed by atoms with Crippen molar-refractivity contribution in [3.8, 4) is 0 Å². The minimum atomic E-state index is -3.52. The highest BCUT2D eigenvalue weighted by Crippen LogP contribution is 2.20. The summed E-state index contributed by atoms with van der Waals surface area (Å²) in [5.41, 5.74) is 0.502. The third kappa shape index (κ3) is 5.73. The van der Waals surface area contributed by atoms with Crippen LogP contribution in [-0.2, 0) is 14.8 Å². The summed E-state index contributed by atoms with van der Waals surface area (Å²) < 4.78 is 26.6. The molecule has 0 fully saturated rings. The monoisotopic (exact) mass is 313 g/mol. The normalized spacial score (nSPS) is 11.1. The van der Waals surface area contributed by atoms with Crippen LogP contribution in [0.3, 0.4) is 0 Å². The molecule has 0 aliphatic carbocycles. The first-order valence-electron chi connectivity index (χ1n) is 7.10. The van der Waals surface area contributed by atoms with Crippen LogP contribution in [0.5, 0.6) is 0 Å². The second kappa shape index (κ2) is 8.63. The third-order valence-electron chi connectivity index (χ3n) is 2.75. The standard InChI is InChI=1S/C14H23N3O3S/c1-3-10-16-14(18)9-11-15-12-7-5-6-8-13(12)21(19,20)17-4-2/h5-8,15,17H,3-4,9-11H2,1-2H3,(H,16,18). The smallest absolute Gasteiger partial charge is 0.242 e. The topological polar surface area (TPSA) is 87.3 Å². The summed E-state index contributed by atoms with van der Waals surface area (Å²) in [6.45, 7) is 5.08. The fraction of sp³-hybridized carbons (Fsp3) is 0.500. The molecule has 0 atom stereocenters. The molecule has 3 N–H and O–H groups in total. The van der Waals surface area contributed by atoms with Crippen LogP contribution in [0.25, 0.3) is 0 Å². The van der Waals surface area contributed by atoms with E-state index in [1.165, 1.54) is 6.07 Å². The SMILES string of the molecule is CCCNC(=O)CCNc1ccccc1S(=O)(=O)NCC. The highest BCUT2D eigenvalue weighted by molar-refractivity contribution is 7.89. The summed E-state index contributed by atoms with van der Waals surface area (Å²) in [6.07, 6.45) is 1.19. The molecule has 1 amide bonds. The Balaban J connectivity index is 2.66. The average molecular weight is 313 g/mol. The number of nitrogens with one attached hydrogen (secondary N) is 3. The Labute approximate surface area is 126 Å². The Morgan fingerprint density at radius 1 is 1.14 bits per heavy atom. The Morgan fingerprint density at radius 3 is 2.52 bits per heavy atom. The summed E-state index contributed by atoms with van der Waals surface area (Å²) >= 11 is 0. The molecule has 0 unspecified atom stereocenters. The lowest BCUT2D eigenvalue weighted by Crippen LogP contribution is -2.27. The van der Waals surface area contributed by atoms with Crippen LogP contribution >= 0.6 is 0 Å². The lowest BCUT2D eigenvalue weighted by Gasteiger charge is -2.12. The van der Waals surface area contributed by atoms with Gasteiger partial charge in [-0.25, -0.2) is 13.1 Å². The van der Waals surface area contributed by atoms with E-state index in [-0.39, 0.29) is 10.8 Å². The number of benzene rings is 1. The van der Waals surface area contributed by atoms with E-state index in [0.29, 0.717) is 31.7 Å². The first-order valence-corrected chi connectivity index (χ1v) is 8.58. The van der Waals surface area contributed by atoms with Crippen molar-refractivity contribution in [2.75, 3.05) is 25.0 Å². The molecule has 0 aromatic heterocycles. The number of sulfonamides is 1. The summed E-state index contributed by atoms with van der Waals surface area (Å²) in [7, 11) is -3.52. The minimum absolute atomic E-state index is 0.0450. The van der Waals surface area contributed by atoms with E-state index >= 15 is 0 Å². The predicted molar refractivity (Wildman–Crippen MR) is 83.7 cm³/mol. The summed E-state index contributed by atoms with van der Waals surface area (Å²) in [5, 5.41) is 5.78. The number of carbonyl (C=O) groups is 1. The summed E-state index contributed by atoms with van der Waals surface area (Å²) in [6, 6.07) is 6.65. The van der Waals surface area contributed by atoms with Crippen molar-refractivity contribution >= 4 is 21.6 Å². The molecule has 0 bridgehead atoms. The van der Waals surface area contributed by atoms with E-state index in [9.17, 15) is 13.2 Å². The van der Waals surface area contributed by atoms with Gasteiger partial charge in [-0.3, -0.25) is 4.79 Å². The maximum atomic E-state index is 12.1. The number of rotatable bonds is 9. The molecule has 0 saturated heterocycles. The van der Waals surface area contributed by atoms with Crippen LogP contribution in [-0.4, -0.2) is 34.0 Å². The Bertz CT molecular complexity index is 558. The molecule has 0 aliphatic heterocycles. The molecule has 0 heterocycles. The summed E-state index contributed by atoms with van der Waals surface area (Å²) in [5.74, 6) is -0.0450. The van der Waals surface area contributed by atoms with Gasteiger partial charge in [-0.1, -0.05) is 26.0 Å². The van der Waals surface area contributed by atoms with Crippen molar-refractivity contribution in [1.82, 2.24) is 10.0 Å². The number of para-hydroxylation sites is 1. The van der Waals surface area contributed by atoms with Crippen molar-refractivity contribution in [3.05, 3.63) is 24.3 Å². The van der Waals surface area contributed by atoms with Crippen LogP contribution < -0.4 is 15.4 Å². The van der Waals surface area contributed by atoms with Gasteiger partial charge in [0.1, 0.15) is 4.90 Å².